The second kappa shape index (κ2) is 16.2. The summed E-state index contributed by atoms with van der Waals surface area (Å²) in [7, 11) is 3.22. The third-order valence-electron chi connectivity index (χ3n) is 12.4. The van der Waals surface area contributed by atoms with Crippen LogP contribution in [0.4, 0.5) is 4.39 Å². The molecule has 0 unspecified atom stereocenters. The Kier molecular flexibility index (Phi) is 11.7. The van der Waals surface area contributed by atoms with Gasteiger partial charge in [0.1, 0.15) is 11.9 Å². The molecule has 0 radical (unpaired) electrons. The van der Waals surface area contributed by atoms with Gasteiger partial charge in [-0.3, -0.25) is 4.79 Å². The first-order valence-corrected chi connectivity index (χ1v) is 18.9. The van der Waals surface area contributed by atoms with Crippen molar-refractivity contribution in [2.24, 2.45) is 23.2 Å². The number of hydrogen-bond donors (Lipinski definition) is 2. The Labute approximate surface area is 298 Å². The number of carbonyl (C=O) groups is 1. The van der Waals surface area contributed by atoms with Gasteiger partial charge in [0, 0.05) is 19.0 Å². The molecule has 270 valence electrons. The van der Waals surface area contributed by atoms with E-state index in [1.54, 1.807) is 20.3 Å². The molecule has 7 heteroatoms. The van der Waals surface area contributed by atoms with Crippen LogP contribution in [0.2, 0.25) is 0 Å². The van der Waals surface area contributed by atoms with Gasteiger partial charge in [-0.2, -0.15) is 0 Å². The Morgan fingerprint density at radius 3 is 2.44 bits per heavy atom. The Morgan fingerprint density at radius 2 is 1.66 bits per heavy atom. The van der Waals surface area contributed by atoms with Crippen LogP contribution in [0.3, 0.4) is 0 Å². The number of fused-ring (bicyclic) bond motifs is 5. The number of aliphatic hydroxyl groups excluding tert-OH is 1. The van der Waals surface area contributed by atoms with Crippen LogP contribution in [0.1, 0.15) is 92.9 Å². The third kappa shape index (κ3) is 7.83. The van der Waals surface area contributed by atoms with E-state index in [0.717, 1.165) is 94.0 Å². The Bertz CT molecular complexity index is 1580. The average molecular weight is 686 g/mol. The Balaban J connectivity index is 1.06. The number of rotatable bonds is 15. The number of benzene rings is 3. The quantitative estimate of drug-likeness (QED) is 0.157. The Morgan fingerprint density at radius 1 is 0.900 bits per heavy atom. The number of halogens is 1. The Hall–Kier alpha value is -3.58. The lowest BCUT2D eigenvalue weighted by atomic mass is 9.51. The van der Waals surface area contributed by atoms with E-state index in [4.69, 9.17) is 9.47 Å². The number of hydrogen-bond acceptors (Lipinski definition) is 5. The standard InChI is InChI=1S/C43H56FNO5/c1-43-28-36(44)42-34-18-17-33(46)27-32(34)26-31(41(42)35(43)19-21-39(43)47)15-9-4-5-10-22-45(23-11-14-29-12-7-6-8-13-29)40(48)25-30-16-20-37(49-2)38(24-30)50-3/h6-8,12-13,16-18,20,24,27,31,35-36,39,41-42,46-47H,4-5,9-11,14-15,19,21-23,25-26,28H2,1-3H3/t31-,35+,36+,39+,41+,42+,43+/m1/s1. The van der Waals surface area contributed by atoms with Crippen molar-refractivity contribution in [1.29, 1.82) is 0 Å². The molecule has 0 aromatic heterocycles. The molecule has 0 bridgehead atoms. The van der Waals surface area contributed by atoms with Gasteiger partial charge in [0.2, 0.25) is 5.91 Å². The van der Waals surface area contributed by atoms with Crippen molar-refractivity contribution < 1.29 is 28.9 Å². The summed E-state index contributed by atoms with van der Waals surface area (Å²) in [5, 5.41) is 21.3. The zero-order valence-corrected chi connectivity index (χ0v) is 30.2. The summed E-state index contributed by atoms with van der Waals surface area (Å²) in [5.74, 6) is 2.37. The molecule has 3 aliphatic carbocycles. The number of nitrogens with zero attached hydrogens (tertiary/aromatic N) is 1. The van der Waals surface area contributed by atoms with E-state index in [9.17, 15) is 15.0 Å². The molecule has 2 fully saturated rings. The molecule has 0 spiro atoms. The van der Waals surface area contributed by atoms with Gasteiger partial charge in [-0.05, 0) is 121 Å². The van der Waals surface area contributed by atoms with Gasteiger partial charge in [0.25, 0.3) is 0 Å². The van der Waals surface area contributed by atoms with Crippen LogP contribution in [0.5, 0.6) is 17.2 Å². The lowest BCUT2D eigenvalue weighted by Crippen LogP contribution is -2.51. The summed E-state index contributed by atoms with van der Waals surface area (Å²) < 4.78 is 27.0. The van der Waals surface area contributed by atoms with E-state index in [0.29, 0.717) is 36.2 Å². The number of ether oxygens (including phenoxy) is 2. The van der Waals surface area contributed by atoms with E-state index in [1.165, 1.54) is 5.56 Å². The molecular formula is C43H56FNO5. The first kappa shape index (κ1) is 36.2. The molecule has 1 amide bonds. The van der Waals surface area contributed by atoms with Crippen LogP contribution >= 0.6 is 0 Å². The maximum Gasteiger partial charge on any atom is 0.226 e. The summed E-state index contributed by atoms with van der Waals surface area (Å²) in [6, 6.07) is 21.6. The van der Waals surface area contributed by atoms with E-state index in [1.807, 2.05) is 41.3 Å². The summed E-state index contributed by atoms with van der Waals surface area (Å²) in [6.45, 7) is 3.57. The van der Waals surface area contributed by atoms with Crippen LogP contribution in [0, 0.1) is 23.2 Å². The minimum atomic E-state index is -0.982. The molecule has 7 atom stereocenters. The number of aryl methyl sites for hydroxylation is 1. The van der Waals surface area contributed by atoms with Crippen molar-refractivity contribution in [1.82, 2.24) is 4.90 Å². The van der Waals surface area contributed by atoms with E-state index in [-0.39, 0.29) is 28.9 Å². The molecule has 0 saturated heterocycles. The van der Waals surface area contributed by atoms with Gasteiger partial charge in [0.15, 0.2) is 11.5 Å². The number of alkyl halides is 1. The number of methoxy groups -OCH3 is 2. The molecule has 6 nitrogen and oxygen atoms in total. The van der Waals surface area contributed by atoms with Crippen molar-refractivity contribution in [3.63, 3.8) is 0 Å². The maximum absolute atomic E-state index is 16.1. The lowest BCUT2D eigenvalue weighted by Gasteiger charge is -2.54. The van der Waals surface area contributed by atoms with Gasteiger partial charge in [-0.25, -0.2) is 4.39 Å². The normalized spacial score (nSPS) is 26.8. The molecule has 0 aliphatic heterocycles. The van der Waals surface area contributed by atoms with Crippen molar-refractivity contribution in [3.8, 4) is 17.2 Å². The molecule has 2 saturated carbocycles. The summed E-state index contributed by atoms with van der Waals surface area (Å²) in [6.07, 6.45) is 8.86. The second-order valence-corrected chi connectivity index (χ2v) is 15.4. The fourth-order valence-corrected chi connectivity index (χ4v) is 9.85. The molecule has 50 heavy (non-hydrogen) atoms. The van der Waals surface area contributed by atoms with Gasteiger partial charge in [-0.15, -0.1) is 0 Å². The number of aliphatic hydroxyl groups is 1. The van der Waals surface area contributed by atoms with Gasteiger partial charge in [-0.1, -0.05) is 68.7 Å². The SMILES string of the molecule is COc1ccc(CC(=O)N(CCCCCC[C@@H]2Cc3cc(O)ccc3[C@@H]3[C@@H]2[C@@H]2CC[C@H](O)[C@@]2(C)C[C@@H]3F)CCCc2ccccc2)cc1OC. The van der Waals surface area contributed by atoms with Crippen molar-refractivity contribution in [3.05, 3.63) is 89.0 Å². The number of phenolic OH excluding ortho intramolecular Hbond substituents is 1. The zero-order valence-electron chi connectivity index (χ0n) is 30.2. The first-order valence-electron chi connectivity index (χ1n) is 18.9. The second-order valence-electron chi connectivity index (χ2n) is 15.4. The van der Waals surface area contributed by atoms with Crippen molar-refractivity contribution in [2.75, 3.05) is 27.3 Å². The predicted octanol–water partition coefficient (Wildman–Crippen LogP) is 8.46. The van der Waals surface area contributed by atoms with Crippen LogP contribution in [0.25, 0.3) is 0 Å². The minimum Gasteiger partial charge on any atom is -0.508 e. The van der Waals surface area contributed by atoms with Gasteiger partial charge >= 0.3 is 0 Å². The van der Waals surface area contributed by atoms with Gasteiger partial charge in [0.05, 0.1) is 26.7 Å². The molecule has 3 aromatic rings. The van der Waals surface area contributed by atoms with Crippen molar-refractivity contribution in [2.45, 2.75) is 102 Å². The number of aromatic hydroxyl groups is 1. The fraction of sp³-hybridized carbons (Fsp3) is 0.558. The highest BCUT2D eigenvalue weighted by atomic mass is 19.1. The molecular weight excluding hydrogens is 629 g/mol. The summed E-state index contributed by atoms with van der Waals surface area (Å²) in [4.78, 5) is 15.7. The highest BCUT2D eigenvalue weighted by molar-refractivity contribution is 5.79. The molecule has 0 heterocycles. The van der Waals surface area contributed by atoms with E-state index in [2.05, 4.69) is 31.2 Å². The first-order chi connectivity index (χ1) is 24.2. The topological polar surface area (TPSA) is 79.2 Å². The highest BCUT2D eigenvalue weighted by Crippen LogP contribution is 2.63. The number of unbranched alkanes of at least 4 members (excludes halogenated alkanes) is 3. The van der Waals surface area contributed by atoms with Crippen LogP contribution in [-0.4, -0.2) is 60.6 Å². The van der Waals surface area contributed by atoms with Gasteiger partial charge < -0.3 is 24.6 Å². The number of carbonyl (C=O) groups excluding carboxylic acids is 1. The minimum absolute atomic E-state index is 0.125. The van der Waals surface area contributed by atoms with Crippen molar-refractivity contribution >= 4 is 5.91 Å². The smallest absolute Gasteiger partial charge is 0.226 e. The fourth-order valence-electron chi connectivity index (χ4n) is 9.85. The number of amides is 1. The molecule has 3 aliphatic rings. The monoisotopic (exact) mass is 685 g/mol. The summed E-state index contributed by atoms with van der Waals surface area (Å²) >= 11 is 0. The van der Waals surface area contributed by atoms with Crippen LogP contribution in [0.15, 0.2) is 66.7 Å². The average Bonchev–Trinajstić information content (AvgIpc) is 3.41. The lowest BCUT2D eigenvalue weighted by molar-refractivity contribution is -0.130. The van der Waals surface area contributed by atoms with Crippen LogP contribution < -0.4 is 9.47 Å². The van der Waals surface area contributed by atoms with Crippen LogP contribution in [-0.2, 0) is 24.1 Å². The number of phenols is 1. The van der Waals surface area contributed by atoms with E-state index >= 15 is 4.39 Å². The largest absolute Gasteiger partial charge is 0.508 e. The molecule has 6 rings (SSSR count). The zero-order chi connectivity index (χ0) is 35.3. The molecule has 2 N–H and O–H groups in total. The van der Waals surface area contributed by atoms with E-state index < -0.39 is 12.3 Å². The molecule has 3 aromatic carbocycles. The summed E-state index contributed by atoms with van der Waals surface area (Å²) in [5.41, 5.74) is 4.00. The maximum atomic E-state index is 16.1. The third-order valence-corrected chi connectivity index (χ3v) is 12.4. The highest BCUT2D eigenvalue weighted by Gasteiger charge is 2.59. The predicted molar refractivity (Wildman–Crippen MR) is 196 cm³/mol.